The highest BCUT2D eigenvalue weighted by atomic mass is 16.4. The molecule has 0 bridgehead atoms. The molecule has 23 heavy (non-hydrogen) atoms. The normalized spacial score (nSPS) is 15.7. The Hall–Kier alpha value is -3.02. The van der Waals surface area contributed by atoms with E-state index in [1.54, 1.807) is 30.3 Å². The molecule has 1 aliphatic carbocycles. The van der Waals surface area contributed by atoms with Crippen LogP contribution in [0.3, 0.4) is 0 Å². The van der Waals surface area contributed by atoms with Crippen molar-refractivity contribution < 1.29 is 14.7 Å². The van der Waals surface area contributed by atoms with Gasteiger partial charge < -0.3 is 21.5 Å². The van der Waals surface area contributed by atoms with E-state index in [-0.39, 0.29) is 11.9 Å². The van der Waals surface area contributed by atoms with E-state index < -0.39 is 6.09 Å². The number of aryl methyl sites for hydroxylation is 1. The third-order valence-electron chi connectivity index (χ3n) is 3.99. The van der Waals surface area contributed by atoms with E-state index in [1.165, 1.54) is 0 Å². The summed E-state index contributed by atoms with van der Waals surface area (Å²) in [6.45, 7) is 0. The first-order chi connectivity index (χ1) is 11.0. The van der Waals surface area contributed by atoms with Gasteiger partial charge in [0, 0.05) is 5.56 Å². The predicted octanol–water partition coefficient (Wildman–Crippen LogP) is 2.78. The fraction of sp³-hybridized carbons (Fsp3) is 0.176. The molecule has 0 aliphatic heterocycles. The average molecular weight is 311 g/mol. The lowest BCUT2D eigenvalue weighted by Crippen LogP contribution is -2.25. The van der Waals surface area contributed by atoms with Gasteiger partial charge in [-0.15, -0.1) is 0 Å². The predicted molar refractivity (Wildman–Crippen MR) is 87.5 cm³/mol. The first-order valence-corrected chi connectivity index (χ1v) is 7.33. The molecule has 1 aliphatic rings. The SMILES string of the molecule is Nc1ccccc1NC(=O)c1ccc2c(c1)CC[C@H]2NC(=O)O. The number of hydrogen-bond donors (Lipinski definition) is 4. The van der Waals surface area contributed by atoms with Crippen LogP contribution in [0.4, 0.5) is 16.2 Å². The van der Waals surface area contributed by atoms with Crippen LogP contribution in [-0.4, -0.2) is 17.1 Å². The van der Waals surface area contributed by atoms with Crippen molar-refractivity contribution in [3.8, 4) is 0 Å². The minimum Gasteiger partial charge on any atom is -0.465 e. The van der Waals surface area contributed by atoms with Crippen LogP contribution in [0, 0.1) is 0 Å². The van der Waals surface area contributed by atoms with Crippen molar-refractivity contribution in [1.82, 2.24) is 5.32 Å². The summed E-state index contributed by atoms with van der Waals surface area (Å²) in [6.07, 6.45) is 0.414. The summed E-state index contributed by atoms with van der Waals surface area (Å²) in [4.78, 5) is 23.1. The molecule has 2 aromatic carbocycles. The third-order valence-corrected chi connectivity index (χ3v) is 3.99. The largest absolute Gasteiger partial charge is 0.465 e. The van der Waals surface area contributed by atoms with Crippen LogP contribution in [0.15, 0.2) is 42.5 Å². The highest BCUT2D eigenvalue weighted by Gasteiger charge is 2.24. The Morgan fingerprint density at radius 2 is 1.96 bits per heavy atom. The number of fused-ring (bicyclic) bond motifs is 1. The smallest absolute Gasteiger partial charge is 0.405 e. The van der Waals surface area contributed by atoms with E-state index in [4.69, 9.17) is 10.8 Å². The number of para-hydroxylation sites is 2. The van der Waals surface area contributed by atoms with E-state index in [9.17, 15) is 9.59 Å². The van der Waals surface area contributed by atoms with Crippen LogP contribution in [0.5, 0.6) is 0 Å². The molecule has 0 radical (unpaired) electrons. The van der Waals surface area contributed by atoms with Crippen molar-refractivity contribution in [2.45, 2.75) is 18.9 Å². The molecular weight excluding hydrogens is 294 g/mol. The Balaban J connectivity index is 1.79. The summed E-state index contributed by atoms with van der Waals surface area (Å²) in [5.41, 5.74) is 9.36. The lowest BCUT2D eigenvalue weighted by atomic mass is 10.0. The fourth-order valence-corrected chi connectivity index (χ4v) is 2.86. The first-order valence-electron chi connectivity index (χ1n) is 7.33. The van der Waals surface area contributed by atoms with Gasteiger partial charge in [-0.05, 0) is 48.2 Å². The van der Waals surface area contributed by atoms with Crippen LogP contribution in [-0.2, 0) is 6.42 Å². The quantitative estimate of drug-likeness (QED) is 0.654. The topological polar surface area (TPSA) is 104 Å². The molecule has 2 amide bonds. The van der Waals surface area contributed by atoms with E-state index in [0.29, 0.717) is 23.4 Å². The highest BCUT2D eigenvalue weighted by Crippen LogP contribution is 2.32. The average Bonchev–Trinajstić information content (AvgIpc) is 2.91. The number of carbonyl (C=O) groups is 2. The number of carbonyl (C=O) groups excluding carboxylic acids is 1. The second-order valence-corrected chi connectivity index (χ2v) is 5.50. The summed E-state index contributed by atoms with van der Waals surface area (Å²) < 4.78 is 0. The highest BCUT2D eigenvalue weighted by molar-refractivity contribution is 6.05. The Morgan fingerprint density at radius 3 is 2.70 bits per heavy atom. The van der Waals surface area contributed by atoms with E-state index in [0.717, 1.165) is 17.5 Å². The number of rotatable bonds is 3. The number of nitrogens with two attached hydrogens (primary N) is 1. The van der Waals surface area contributed by atoms with Crippen molar-refractivity contribution in [1.29, 1.82) is 0 Å². The van der Waals surface area contributed by atoms with Crippen molar-refractivity contribution in [2.75, 3.05) is 11.1 Å². The number of carboxylic acid groups (broad SMARTS) is 1. The minimum atomic E-state index is -1.04. The van der Waals surface area contributed by atoms with Crippen LogP contribution >= 0.6 is 0 Å². The molecule has 0 aromatic heterocycles. The molecule has 5 N–H and O–H groups in total. The molecule has 0 fully saturated rings. The van der Waals surface area contributed by atoms with Gasteiger partial charge in [0.25, 0.3) is 5.91 Å². The number of benzene rings is 2. The molecule has 6 nitrogen and oxygen atoms in total. The molecule has 0 unspecified atom stereocenters. The molecular formula is C17H17N3O3. The van der Waals surface area contributed by atoms with E-state index in [2.05, 4.69) is 10.6 Å². The second-order valence-electron chi connectivity index (χ2n) is 5.50. The number of anilines is 2. The summed E-state index contributed by atoms with van der Waals surface area (Å²) in [5.74, 6) is -0.236. The van der Waals surface area contributed by atoms with Crippen LogP contribution in [0.1, 0.15) is 33.9 Å². The monoisotopic (exact) mass is 311 g/mol. The molecule has 3 rings (SSSR count). The maximum Gasteiger partial charge on any atom is 0.405 e. The zero-order chi connectivity index (χ0) is 16.4. The van der Waals surface area contributed by atoms with Crippen molar-refractivity contribution >= 4 is 23.4 Å². The zero-order valence-corrected chi connectivity index (χ0v) is 12.4. The number of nitrogens with one attached hydrogen (secondary N) is 2. The molecule has 0 heterocycles. The standard InChI is InChI=1S/C17H17N3O3/c18-13-3-1-2-4-15(13)19-16(21)11-5-7-12-10(9-11)6-8-14(12)20-17(22)23/h1-5,7,9,14,20H,6,8,18H2,(H,19,21)(H,22,23)/t14-/m1/s1. The molecule has 0 saturated carbocycles. The van der Waals surface area contributed by atoms with Crippen molar-refractivity contribution in [3.05, 3.63) is 59.2 Å². The van der Waals surface area contributed by atoms with Gasteiger partial charge in [0.2, 0.25) is 0 Å². The number of hydrogen-bond acceptors (Lipinski definition) is 3. The Morgan fingerprint density at radius 1 is 1.17 bits per heavy atom. The Labute approximate surface area is 133 Å². The van der Waals surface area contributed by atoms with Gasteiger partial charge in [-0.25, -0.2) is 4.79 Å². The fourth-order valence-electron chi connectivity index (χ4n) is 2.86. The van der Waals surface area contributed by atoms with Gasteiger partial charge in [-0.2, -0.15) is 0 Å². The second kappa shape index (κ2) is 6.00. The maximum absolute atomic E-state index is 12.3. The zero-order valence-electron chi connectivity index (χ0n) is 12.4. The summed E-state index contributed by atoms with van der Waals surface area (Å²) in [6, 6.07) is 12.2. The van der Waals surface area contributed by atoms with Gasteiger partial charge in [0.05, 0.1) is 17.4 Å². The number of amides is 2. The van der Waals surface area contributed by atoms with Gasteiger partial charge in [0.15, 0.2) is 0 Å². The molecule has 6 heteroatoms. The lowest BCUT2D eigenvalue weighted by Gasteiger charge is -2.12. The van der Waals surface area contributed by atoms with E-state index in [1.807, 2.05) is 12.1 Å². The lowest BCUT2D eigenvalue weighted by molar-refractivity contribution is 0.102. The molecule has 2 aromatic rings. The summed E-state index contributed by atoms with van der Waals surface area (Å²) in [5, 5.41) is 14.1. The first kappa shape index (κ1) is 14.9. The molecule has 1 atom stereocenters. The summed E-state index contributed by atoms with van der Waals surface area (Å²) in [7, 11) is 0. The van der Waals surface area contributed by atoms with Crippen molar-refractivity contribution in [3.63, 3.8) is 0 Å². The third kappa shape index (κ3) is 3.11. The Bertz CT molecular complexity index is 773. The van der Waals surface area contributed by atoms with Gasteiger partial charge in [-0.3, -0.25) is 4.79 Å². The Kier molecular flexibility index (Phi) is 3.89. The maximum atomic E-state index is 12.3. The molecule has 118 valence electrons. The van der Waals surface area contributed by atoms with Crippen molar-refractivity contribution in [2.24, 2.45) is 0 Å². The van der Waals surface area contributed by atoms with Crippen LogP contribution in [0.25, 0.3) is 0 Å². The minimum absolute atomic E-state index is 0.204. The van der Waals surface area contributed by atoms with E-state index >= 15 is 0 Å². The van der Waals surface area contributed by atoms with Gasteiger partial charge in [-0.1, -0.05) is 18.2 Å². The molecule has 0 saturated heterocycles. The van der Waals surface area contributed by atoms with Gasteiger partial charge in [0.1, 0.15) is 0 Å². The van der Waals surface area contributed by atoms with Gasteiger partial charge >= 0.3 is 6.09 Å². The van der Waals surface area contributed by atoms with Crippen LogP contribution < -0.4 is 16.4 Å². The van der Waals surface area contributed by atoms with Crippen LogP contribution in [0.2, 0.25) is 0 Å². The summed E-state index contributed by atoms with van der Waals surface area (Å²) >= 11 is 0. The molecule has 0 spiro atoms. The number of nitrogen functional groups attached to an aromatic ring is 1.